The number of nitrogens with one attached hydrogen (secondary N) is 1. The van der Waals surface area contributed by atoms with E-state index in [4.69, 9.17) is 0 Å². The molecule has 6 nitrogen and oxygen atoms in total. The molecule has 0 bridgehead atoms. The number of ketones is 1. The Morgan fingerprint density at radius 2 is 1.31 bits per heavy atom. The predicted octanol–water partition coefficient (Wildman–Crippen LogP) is 3.46. The maximum Gasteiger partial charge on any atom is 0.236 e. The molecule has 2 aliphatic heterocycles. The summed E-state index contributed by atoms with van der Waals surface area (Å²) in [4.78, 5) is 42.0. The van der Waals surface area contributed by atoms with E-state index in [0.29, 0.717) is 32.5 Å². The molecule has 2 aromatic rings. The van der Waals surface area contributed by atoms with Crippen LogP contribution in [0.3, 0.4) is 0 Å². The molecule has 2 aromatic carbocycles. The van der Waals surface area contributed by atoms with Crippen molar-refractivity contribution in [3.63, 3.8) is 0 Å². The van der Waals surface area contributed by atoms with Gasteiger partial charge >= 0.3 is 0 Å². The van der Waals surface area contributed by atoms with Crippen LogP contribution in [0.1, 0.15) is 36.0 Å². The number of para-hydroxylation sites is 1. The van der Waals surface area contributed by atoms with E-state index >= 15 is 0 Å². The van der Waals surface area contributed by atoms with Crippen molar-refractivity contribution in [3.8, 4) is 0 Å². The number of benzene rings is 2. The minimum absolute atomic E-state index is 0.0356. The minimum Gasteiger partial charge on any atom is -0.342 e. The lowest BCUT2D eigenvalue weighted by molar-refractivity contribution is -0.135. The van der Waals surface area contributed by atoms with Gasteiger partial charge in [-0.3, -0.25) is 19.3 Å². The fourth-order valence-electron chi connectivity index (χ4n) is 4.64. The molecule has 0 aliphatic carbocycles. The first-order valence-electron chi connectivity index (χ1n) is 11.6. The molecular weight excluding hydrogens is 402 g/mol. The first kappa shape index (κ1) is 22.2. The molecule has 6 heteroatoms. The van der Waals surface area contributed by atoms with Crippen LogP contribution in [-0.2, 0) is 9.59 Å². The zero-order chi connectivity index (χ0) is 22.3. The highest BCUT2D eigenvalue weighted by Crippen LogP contribution is 2.23. The van der Waals surface area contributed by atoms with Crippen LogP contribution in [0.4, 0.5) is 5.69 Å². The topological polar surface area (TPSA) is 69.7 Å². The van der Waals surface area contributed by atoms with E-state index in [-0.39, 0.29) is 29.4 Å². The van der Waals surface area contributed by atoms with Crippen LogP contribution in [-0.4, -0.2) is 60.1 Å². The Hall–Kier alpha value is -2.99. The number of likely N-dealkylation sites (tertiary alicyclic amines) is 2. The van der Waals surface area contributed by atoms with Gasteiger partial charge in [0.25, 0.3) is 0 Å². The Kier molecular flexibility index (Phi) is 7.32. The molecule has 0 spiro atoms. The van der Waals surface area contributed by atoms with E-state index < -0.39 is 0 Å². The average Bonchev–Trinajstić information content (AvgIpc) is 2.85. The number of Topliss-reactive ketones (excluding diaryl/α,β-unsaturated/α-hetero) is 1. The number of hydrogen-bond donors (Lipinski definition) is 1. The number of rotatable bonds is 6. The summed E-state index contributed by atoms with van der Waals surface area (Å²) >= 11 is 0. The molecule has 0 unspecified atom stereocenters. The molecule has 1 N–H and O–H groups in total. The minimum atomic E-state index is -0.0565. The molecule has 0 aromatic heterocycles. The third kappa shape index (κ3) is 5.62. The third-order valence-corrected chi connectivity index (χ3v) is 6.64. The quantitative estimate of drug-likeness (QED) is 0.709. The Balaban J connectivity index is 1.19. The van der Waals surface area contributed by atoms with Crippen molar-refractivity contribution in [1.82, 2.24) is 9.80 Å². The van der Waals surface area contributed by atoms with Crippen LogP contribution in [0.2, 0.25) is 0 Å². The van der Waals surface area contributed by atoms with Gasteiger partial charge in [-0.25, -0.2) is 0 Å². The van der Waals surface area contributed by atoms with E-state index in [9.17, 15) is 14.4 Å². The van der Waals surface area contributed by atoms with Crippen molar-refractivity contribution in [2.24, 2.45) is 11.8 Å². The van der Waals surface area contributed by atoms with Crippen LogP contribution in [0.15, 0.2) is 60.7 Å². The first-order valence-corrected chi connectivity index (χ1v) is 11.6. The Morgan fingerprint density at radius 3 is 1.94 bits per heavy atom. The summed E-state index contributed by atoms with van der Waals surface area (Å²) < 4.78 is 0. The highest BCUT2D eigenvalue weighted by Gasteiger charge is 2.30. The molecular formula is C26H31N3O3. The number of nitrogens with zero attached hydrogens (tertiary/aromatic N) is 2. The van der Waals surface area contributed by atoms with Gasteiger partial charge in [-0.05, 0) is 50.9 Å². The smallest absolute Gasteiger partial charge is 0.236 e. The van der Waals surface area contributed by atoms with Crippen molar-refractivity contribution >= 4 is 23.3 Å². The summed E-state index contributed by atoms with van der Waals surface area (Å²) in [5.41, 5.74) is 1.59. The van der Waals surface area contributed by atoms with Gasteiger partial charge in [0.15, 0.2) is 5.78 Å². The van der Waals surface area contributed by atoms with Gasteiger partial charge in [-0.2, -0.15) is 0 Å². The number of anilines is 1. The van der Waals surface area contributed by atoms with E-state index in [1.807, 2.05) is 65.6 Å². The van der Waals surface area contributed by atoms with Crippen LogP contribution in [0.25, 0.3) is 0 Å². The summed E-state index contributed by atoms with van der Waals surface area (Å²) in [6.45, 7) is 3.17. The predicted molar refractivity (Wildman–Crippen MR) is 124 cm³/mol. The molecule has 0 atom stereocenters. The first-order chi connectivity index (χ1) is 15.6. The molecule has 4 rings (SSSR count). The molecule has 2 saturated heterocycles. The molecule has 2 aliphatic rings. The highest BCUT2D eigenvalue weighted by atomic mass is 16.2. The molecule has 2 amide bonds. The molecule has 0 radical (unpaired) electrons. The Bertz CT molecular complexity index is 916. The summed E-state index contributed by atoms with van der Waals surface area (Å²) in [5, 5.41) is 2.97. The highest BCUT2D eigenvalue weighted by molar-refractivity contribution is 5.97. The van der Waals surface area contributed by atoms with Gasteiger partial charge in [0.1, 0.15) is 0 Å². The van der Waals surface area contributed by atoms with Crippen LogP contribution >= 0.6 is 0 Å². The fourth-order valence-corrected chi connectivity index (χ4v) is 4.64. The fraction of sp³-hybridized carbons (Fsp3) is 0.423. The summed E-state index contributed by atoms with van der Waals surface area (Å²) in [7, 11) is 0. The van der Waals surface area contributed by atoms with Gasteiger partial charge < -0.3 is 10.2 Å². The lowest BCUT2D eigenvalue weighted by atomic mass is 9.89. The van der Waals surface area contributed by atoms with E-state index in [0.717, 1.165) is 37.2 Å². The van der Waals surface area contributed by atoms with E-state index in [1.165, 1.54) is 0 Å². The average molecular weight is 434 g/mol. The van der Waals surface area contributed by atoms with Crippen molar-refractivity contribution in [3.05, 3.63) is 66.2 Å². The second kappa shape index (κ2) is 10.6. The van der Waals surface area contributed by atoms with Crippen LogP contribution in [0, 0.1) is 11.8 Å². The van der Waals surface area contributed by atoms with Gasteiger partial charge in [-0.15, -0.1) is 0 Å². The second-order valence-corrected chi connectivity index (χ2v) is 8.79. The third-order valence-electron chi connectivity index (χ3n) is 6.64. The molecule has 2 fully saturated rings. The normalized spacial score (nSPS) is 18.3. The number of carbonyl (C=O) groups is 3. The van der Waals surface area contributed by atoms with Crippen LogP contribution in [0.5, 0.6) is 0 Å². The molecule has 2 heterocycles. The Labute approximate surface area is 189 Å². The summed E-state index contributed by atoms with van der Waals surface area (Å²) in [6.07, 6.45) is 2.97. The lowest BCUT2D eigenvalue weighted by Gasteiger charge is -2.35. The largest absolute Gasteiger partial charge is 0.342 e. The number of carbonyl (C=O) groups excluding carboxylic acids is 3. The van der Waals surface area contributed by atoms with Gasteiger partial charge in [0.05, 0.1) is 6.54 Å². The maximum atomic E-state index is 12.8. The molecule has 0 saturated carbocycles. The summed E-state index contributed by atoms with van der Waals surface area (Å²) in [5.74, 6) is 0.363. The number of piperidine rings is 2. The van der Waals surface area contributed by atoms with Crippen molar-refractivity contribution in [2.75, 3.05) is 38.0 Å². The van der Waals surface area contributed by atoms with Crippen LogP contribution < -0.4 is 5.32 Å². The van der Waals surface area contributed by atoms with E-state index in [2.05, 4.69) is 10.2 Å². The maximum absolute atomic E-state index is 12.8. The monoisotopic (exact) mass is 433 g/mol. The molecule has 32 heavy (non-hydrogen) atoms. The van der Waals surface area contributed by atoms with Crippen molar-refractivity contribution in [1.29, 1.82) is 0 Å². The SMILES string of the molecule is O=C(Nc1ccccc1)C1CCN(C(=O)CN2CCC(C(=O)c3ccccc3)CC2)CC1. The standard InChI is InChI=1S/C26H31N3O3/c30-24(19-28-15-11-21(12-16-28)25(31)20-7-3-1-4-8-20)29-17-13-22(14-18-29)26(32)27-23-9-5-2-6-10-23/h1-10,21-22H,11-19H2,(H,27,32). The van der Waals surface area contributed by atoms with Gasteiger partial charge in [-0.1, -0.05) is 48.5 Å². The van der Waals surface area contributed by atoms with E-state index in [1.54, 1.807) is 0 Å². The second-order valence-electron chi connectivity index (χ2n) is 8.79. The number of hydrogen-bond acceptors (Lipinski definition) is 4. The Morgan fingerprint density at radius 1 is 0.750 bits per heavy atom. The number of amides is 2. The zero-order valence-electron chi connectivity index (χ0n) is 18.4. The van der Waals surface area contributed by atoms with Crippen molar-refractivity contribution < 1.29 is 14.4 Å². The van der Waals surface area contributed by atoms with Gasteiger partial charge in [0, 0.05) is 36.2 Å². The summed E-state index contributed by atoms with van der Waals surface area (Å²) in [6, 6.07) is 19.0. The zero-order valence-corrected chi connectivity index (χ0v) is 18.4. The van der Waals surface area contributed by atoms with Gasteiger partial charge in [0.2, 0.25) is 11.8 Å². The molecule has 168 valence electrons. The lowest BCUT2D eigenvalue weighted by Crippen LogP contribution is -2.47. The van der Waals surface area contributed by atoms with Crippen molar-refractivity contribution in [2.45, 2.75) is 25.7 Å².